The number of rotatable bonds is 4. The molecule has 4 rings (SSSR count). The van der Waals surface area contributed by atoms with Crippen molar-refractivity contribution >= 4 is 5.91 Å². The van der Waals surface area contributed by atoms with Crippen LogP contribution in [0.25, 0.3) is 11.6 Å². The highest BCUT2D eigenvalue weighted by molar-refractivity contribution is 5.94. The summed E-state index contributed by atoms with van der Waals surface area (Å²) >= 11 is 0. The summed E-state index contributed by atoms with van der Waals surface area (Å²) in [4.78, 5) is 18.3. The molecule has 0 spiro atoms. The van der Waals surface area contributed by atoms with Crippen molar-refractivity contribution in [2.75, 3.05) is 13.1 Å². The van der Waals surface area contributed by atoms with Crippen LogP contribution in [0.3, 0.4) is 0 Å². The number of benzene rings is 1. The van der Waals surface area contributed by atoms with Crippen LogP contribution in [0.5, 0.6) is 0 Å². The summed E-state index contributed by atoms with van der Waals surface area (Å²) in [6.45, 7) is 2.84. The molecule has 0 aliphatic carbocycles. The molecule has 0 unspecified atom stereocenters. The van der Waals surface area contributed by atoms with E-state index in [2.05, 4.69) is 20.5 Å². The van der Waals surface area contributed by atoms with Gasteiger partial charge in [0.15, 0.2) is 11.5 Å². The Kier molecular flexibility index (Phi) is 4.84. The fraction of sp³-hybridized carbons (Fsp3) is 0.389. The lowest BCUT2D eigenvalue weighted by atomic mass is 10.0. The lowest BCUT2D eigenvalue weighted by Gasteiger charge is -2.31. The predicted molar refractivity (Wildman–Crippen MR) is 93.2 cm³/mol. The molecule has 1 aromatic carbocycles. The van der Waals surface area contributed by atoms with Crippen molar-refractivity contribution in [3.8, 4) is 11.6 Å². The third-order valence-corrected chi connectivity index (χ3v) is 4.75. The van der Waals surface area contributed by atoms with Gasteiger partial charge < -0.3 is 9.42 Å². The number of likely N-dealkylation sites (tertiary alicyclic amines) is 1. The largest absolute Gasteiger partial charge is 0.338 e. The Morgan fingerprint density at radius 1 is 1.21 bits per heavy atom. The Hall–Kier alpha value is -3.17. The van der Waals surface area contributed by atoms with Crippen LogP contribution < -0.4 is 0 Å². The first-order valence-electron chi connectivity index (χ1n) is 9.03. The zero-order valence-corrected chi connectivity index (χ0v) is 15.2. The minimum absolute atomic E-state index is 0.0158. The molecule has 8 nitrogen and oxygen atoms in total. The molecule has 2 aromatic heterocycles. The van der Waals surface area contributed by atoms with E-state index in [1.54, 1.807) is 15.8 Å². The SMILES string of the molecule is CCc1noc(-c2cn(C3CCN(C(=O)c4cc(F)cc(F)c4)CC3)nn2)n1. The number of nitrogens with zero attached hydrogens (tertiary/aromatic N) is 6. The summed E-state index contributed by atoms with van der Waals surface area (Å²) in [5.41, 5.74) is 0.517. The normalized spacial score (nSPS) is 15.2. The van der Waals surface area contributed by atoms with E-state index in [9.17, 15) is 13.6 Å². The van der Waals surface area contributed by atoms with Crippen molar-refractivity contribution in [1.82, 2.24) is 30.0 Å². The lowest BCUT2D eigenvalue weighted by Crippen LogP contribution is -2.39. The molecule has 0 bridgehead atoms. The van der Waals surface area contributed by atoms with E-state index in [4.69, 9.17) is 4.52 Å². The topological polar surface area (TPSA) is 89.9 Å². The van der Waals surface area contributed by atoms with Gasteiger partial charge >= 0.3 is 0 Å². The third kappa shape index (κ3) is 3.62. The molecule has 1 amide bonds. The van der Waals surface area contributed by atoms with Crippen LogP contribution in [0.15, 0.2) is 28.9 Å². The van der Waals surface area contributed by atoms with Crippen molar-refractivity contribution in [3.05, 3.63) is 47.4 Å². The minimum atomic E-state index is -0.763. The zero-order valence-electron chi connectivity index (χ0n) is 15.2. The highest BCUT2D eigenvalue weighted by Crippen LogP contribution is 2.25. The smallest absolute Gasteiger partial charge is 0.280 e. The average Bonchev–Trinajstić information content (AvgIpc) is 3.36. The highest BCUT2D eigenvalue weighted by atomic mass is 19.1. The number of amides is 1. The minimum Gasteiger partial charge on any atom is -0.338 e. The van der Waals surface area contributed by atoms with Crippen LogP contribution in [-0.2, 0) is 6.42 Å². The standard InChI is InChI=1S/C18H18F2N6O2/c1-2-16-21-17(28-23-16)15-10-26(24-22-15)14-3-5-25(6-4-14)18(27)11-7-12(19)9-13(20)8-11/h7-10,14H,2-6H2,1H3. The number of halogens is 2. The molecule has 1 aliphatic rings. The number of hydrogen-bond acceptors (Lipinski definition) is 6. The molecule has 28 heavy (non-hydrogen) atoms. The molecule has 0 radical (unpaired) electrons. The van der Waals surface area contributed by atoms with Crippen LogP contribution in [0.1, 0.15) is 42.0 Å². The predicted octanol–water partition coefficient (Wildman–Crippen LogP) is 2.65. The molecule has 1 aliphatic heterocycles. The van der Waals surface area contributed by atoms with E-state index in [1.807, 2.05) is 6.92 Å². The maximum absolute atomic E-state index is 13.4. The second kappa shape index (κ2) is 7.45. The number of carbonyl (C=O) groups is 1. The average molecular weight is 388 g/mol. The van der Waals surface area contributed by atoms with Gasteiger partial charge in [-0.05, 0) is 25.0 Å². The van der Waals surface area contributed by atoms with Gasteiger partial charge in [-0.25, -0.2) is 13.5 Å². The fourth-order valence-corrected chi connectivity index (χ4v) is 3.25. The molecule has 3 aromatic rings. The molecular formula is C18H18F2N6O2. The number of carbonyl (C=O) groups excluding carboxylic acids is 1. The number of aromatic nitrogens is 5. The molecule has 0 atom stereocenters. The van der Waals surface area contributed by atoms with Crippen LogP contribution in [0.4, 0.5) is 8.78 Å². The summed E-state index contributed by atoms with van der Waals surface area (Å²) in [6, 6.07) is 2.91. The molecule has 10 heteroatoms. The van der Waals surface area contributed by atoms with Crippen molar-refractivity contribution in [2.24, 2.45) is 0 Å². The lowest BCUT2D eigenvalue weighted by molar-refractivity contribution is 0.0688. The molecule has 0 N–H and O–H groups in total. The van der Waals surface area contributed by atoms with Crippen LogP contribution in [-0.4, -0.2) is 49.0 Å². The van der Waals surface area contributed by atoms with Crippen molar-refractivity contribution in [2.45, 2.75) is 32.2 Å². The monoisotopic (exact) mass is 388 g/mol. The second-order valence-corrected chi connectivity index (χ2v) is 6.63. The zero-order chi connectivity index (χ0) is 19.7. The van der Waals surface area contributed by atoms with E-state index in [0.29, 0.717) is 49.8 Å². The van der Waals surface area contributed by atoms with Gasteiger partial charge in [0, 0.05) is 31.1 Å². The Morgan fingerprint density at radius 3 is 2.57 bits per heavy atom. The van der Waals surface area contributed by atoms with Gasteiger partial charge in [-0.1, -0.05) is 17.3 Å². The van der Waals surface area contributed by atoms with E-state index < -0.39 is 11.6 Å². The van der Waals surface area contributed by atoms with Gasteiger partial charge in [0.25, 0.3) is 11.8 Å². The molecule has 1 saturated heterocycles. The van der Waals surface area contributed by atoms with Crippen molar-refractivity contribution < 1.29 is 18.1 Å². The van der Waals surface area contributed by atoms with Gasteiger partial charge in [-0.15, -0.1) is 5.10 Å². The van der Waals surface area contributed by atoms with Crippen LogP contribution in [0.2, 0.25) is 0 Å². The molecule has 0 saturated carbocycles. The fourth-order valence-electron chi connectivity index (χ4n) is 3.25. The third-order valence-electron chi connectivity index (χ3n) is 4.75. The quantitative estimate of drug-likeness (QED) is 0.683. The first-order valence-corrected chi connectivity index (χ1v) is 9.03. The van der Waals surface area contributed by atoms with Gasteiger partial charge in [-0.2, -0.15) is 4.98 Å². The summed E-state index contributed by atoms with van der Waals surface area (Å²) in [5.74, 6) is -0.982. The van der Waals surface area contributed by atoms with Crippen molar-refractivity contribution in [1.29, 1.82) is 0 Å². The second-order valence-electron chi connectivity index (χ2n) is 6.63. The molecule has 146 valence electrons. The number of aryl methyl sites for hydroxylation is 1. The van der Waals surface area contributed by atoms with Gasteiger partial charge in [-0.3, -0.25) is 4.79 Å². The first-order chi connectivity index (χ1) is 13.5. The van der Waals surface area contributed by atoms with E-state index in [0.717, 1.165) is 18.2 Å². The van der Waals surface area contributed by atoms with Crippen LogP contribution >= 0.6 is 0 Å². The van der Waals surface area contributed by atoms with Gasteiger partial charge in [0.2, 0.25) is 0 Å². The summed E-state index contributed by atoms with van der Waals surface area (Å²) in [7, 11) is 0. The van der Waals surface area contributed by atoms with Crippen LogP contribution in [0, 0.1) is 11.6 Å². The Balaban J connectivity index is 1.41. The molecule has 1 fully saturated rings. The van der Waals surface area contributed by atoms with E-state index >= 15 is 0 Å². The van der Waals surface area contributed by atoms with E-state index in [-0.39, 0.29) is 17.5 Å². The number of hydrogen-bond donors (Lipinski definition) is 0. The molecule has 3 heterocycles. The maximum Gasteiger partial charge on any atom is 0.280 e. The Labute approximate surface area is 159 Å². The summed E-state index contributed by atoms with van der Waals surface area (Å²) in [5, 5.41) is 12.1. The van der Waals surface area contributed by atoms with Crippen molar-refractivity contribution in [3.63, 3.8) is 0 Å². The van der Waals surface area contributed by atoms with E-state index in [1.165, 1.54) is 0 Å². The first kappa shape index (κ1) is 18.2. The highest BCUT2D eigenvalue weighted by Gasteiger charge is 2.26. The Bertz CT molecular complexity index is 973. The summed E-state index contributed by atoms with van der Waals surface area (Å²) in [6.07, 6.45) is 3.71. The maximum atomic E-state index is 13.4. The summed E-state index contributed by atoms with van der Waals surface area (Å²) < 4.78 is 33.6. The van der Waals surface area contributed by atoms with Gasteiger partial charge in [0.1, 0.15) is 11.6 Å². The molecular weight excluding hydrogens is 370 g/mol. The Morgan fingerprint density at radius 2 is 1.93 bits per heavy atom. The number of piperidine rings is 1. The van der Waals surface area contributed by atoms with Gasteiger partial charge in [0.05, 0.1) is 12.2 Å².